The van der Waals surface area contributed by atoms with Gasteiger partial charge in [-0.2, -0.15) is 4.98 Å². The topological polar surface area (TPSA) is 103 Å². The molecule has 1 amide bonds. The summed E-state index contributed by atoms with van der Waals surface area (Å²) in [6.07, 6.45) is 3.04. The van der Waals surface area contributed by atoms with E-state index in [2.05, 4.69) is 15.1 Å². The first kappa shape index (κ1) is 17.3. The van der Waals surface area contributed by atoms with Crippen LogP contribution in [0, 0.1) is 6.92 Å². The van der Waals surface area contributed by atoms with Crippen LogP contribution in [0.3, 0.4) is 0 Å². The SMILES string of the molecule is Cc1noc(-c2cncn(CCC(=O)N3CC(C)OC(C)C3)c2=O)n1. The normalized spacial score (nSPS) is 20.7. The molecule has 9 heteroatoms. The first-order chi connectivity index (χ1) is 11.9. The van der Waals surface area contributed by atoms with Gasteiger partial charge in [-0.1, -0.05) is 5.16 Å². The zero-order valence-electron chi connectivity index (χ0n) is 14.5. The van der Waals surface area contributed by atoms with Gasteiger partial charge in [0.25, 0.3) is 11.4 Å². The van der Waals surface area contributed by atoms with E-state index in [0.717, 1.165) is 0 Å². The molecule has 1 fully saturated rings. The van der Waals surface area contributed by atoms with Gasteiger partial charge in [-0.25, -0.2) is 4.98 Å². The van der Waals surface area contributed by atoms with Gasteiger partial charge in [0.15, 0.2) is 5.82 Å². The molecule has 2 aromatic heterocycles. The number of morpholine rings is 1. The average Bonchev–Trinajstić information content (AvgIpc) is 2.99. The molecule has 2 aromatic rings. The molecule has 2 unspecified atom stereocenters. The minimum Gasteiger partial charge on any atom is -0.372 e. The number of hydrogen-bond donors (Lipinski definition) is 0. The second-order valence-corrected chi connectivity index (χ2v) is 6.26. The summed E-state index contributed by atoms with van der Waals surface area (Å²) in [6.45, 7) is 6.94. The number of carbonyl (C=O) groups is 1. The molecule has 0 aromatic carbocycles. The minimum atomic E-state index is -0.310. The summed E-state index contributed by atoms with van der Waals surface area (Å²) in [5.41, 5.74) is -0.0840. The van der Waals surface area contributed by atoms with E-state index >= 15 is 0 Å². The Morgan fingerprint density at radius 1 is 1.32 bits per heavy atom. The molecule has 3 heterocycles. The standard InChI is InChI=1S/C16H21N5O4/c1-10-7-21(8-11(2)24-10)14(22)4-5-20-9-17-6-13(16(20)23)15-18-12(3)19-25-15/h6,9-11H,4-5,7-8H2,1-3H3. The number of carbonyl (C=O) groups excluding carboxylic acids is 1. The predicted octanol–water partition coefficient (Wildman–Crippen LogP) is 0.628. The molecular weight excluding hydrogens is 326 g/mol. The van der Waals surface area contributed by atoms with Crippen molar-refractivity contribution in [3.05, 3.63) is 28.7 Å². The molecular formula is C16H21N5O4. The van der Waals surface area contributed by atoms with Crippen LogP contribution in [0.2, 0.25) is 0 Å². The summed E-state index contributed by atoms with van der Waals surface area (Å²) in [4.78, 5) is 34.8. The largest absolute Gasteiger partial charge is 0.372 e. The van der Waals surface area contributed by atoms with Crippen molar-refractivity contribution in [2.24, 2.45) is 0 Å². The van der Waals surface area contributed by atoms with Gasteiger partial charge in [-0.05, 0) is 20.8 Å². The van der Waals surface area contributed by atoms with Crippen molar-refractivity contribution in [2.45, 2.75) is 45.9 Å². The van der Waals surface area contributed by atoms with Crippen molar-refractivity contribution >= 4 is 5.91 Å². The van der Waals surface area contributed by atoms with Gasteiger partial charge in [0, 0.05) is 32.3 Å². The van der Waals surface area contributed by atoms with Gasteiger partial charge in [-0.3, -0.25) is 14.2 Å². The van der Waals surface area contributed by atoms with E-state index in [1.54, 1.807) is 11.8 Å². The molecule has 0 spiro atoms. The van der Waals surface area contributed by atoms with Crippen molar-refractivity contribution < 1.29 is 14.1 Å². The summed E-state index contributed by atoms with van der Waals surface area (Å²) in [6, 6.07) is 0. The number of aryl methyl sites for hydroxylation is 2. The smallest absolute Gasteiger partial charge is 0.266 e. The van der Waals surface area contributed by atoms with Gasteiger partial charge >= 0.3 is 0 Å². The van der Waals surface area contributed by atoms with Crippen LogP contribution in [0.4, 0.5) is 0 Å². The van der Waals surface area contributed by atoms with E-state index in [9.17, 15) is 9.59 Å². The summed E-state index contributed by atoms with van der Waals surface area (Å²) in [7, 11) is 0. The van der Waals surface area contributed by atoms with Crippen molar-refractivity contribution in [1.29, 1.82) is 0 Å². The van der Waals surface area contributed by atoms with Crippen LogP contribution in [0.1, 0.15) is 26.1 Å². The number of amides is 1. The van der Waals surface area contributed by atoms with Gasteiger partial charge in [0.1, 0.15) is 5.56 Å². The fourth-order valence-corrected chi connectivity index (χ4v) is 2.92. The first-order valence-corrected chi connectivity index (χ1v) is 8.22. The van der Waals surface area contributed by atoms with E-state index < -0.39 is 0 Å². The lowest BCUT2D eigenvalue weighted by Gasteiger charge is -2.35. The summed E-state index contributed by atoms with van der Waals surface area (Å²) in [5.74, 6) is 0.565. The second-order valence-electron chi connectivity index (χ2n) is 6.26. The first-order valence-electron chi connectivity index (χ1n) is 8.22. The van der Waals surface area contributed by atoms with Crippen LogP contribution in [0.15, 0.2) is 21.8 Å². The van der Waals surface area contributed by atoms with Crippen LogP contribution in [0.5, 0.6) is 0 Å². The molecule has 0 N–H and O–H groups in total. The van der Waals surface area contributed by atoms with Crippen LogP contribution < -0.4 is 5.56 Å². The highest BCUT2D eigenvalue weighted by Crippen LogP contribution is 2.13. The fraction of sp³-hybridized carbons (Fsp3) is 0.562. The molecule has 0 bridgehead atoms. The number of ether oxygens (including phenoxy) is 1. The molecule has 1 aliphatic rings. The average molecular weight is 347 g/mol. The zero-order chi connectivity index (χ0) is 18.0. The molecule has 0 radical (unpaired) electrons. The highest BCUT2D eigenvalue weighted by atomic mass is 16.5. The molecule has 9 nitrogen and oxygen atoms in total. The van der Waals surface area contributed by atoms with E-state index in [1.807, 2.05) is 13.8 Å². The number of aromatic nitrogens is 4. The number of hydrogen-bond acceptors (Lipinski definition) is 7. The summed E-state index contributed by atoms with van der Waals surface area (Å²) >= 11 is 0. The monoisotopic (exact) mass is 347 g/mol. The van der Waals surface area contributed by atoms with E-state index in [0.29, 0.717) is 18.9 Å². The molecule has 3 rings (SSSR count). The van der Waals surface area contributed by atoms with Crippen LogP contribution in [-0.2, 0) is 16.1 Å². The Bertz CT molecular complexity index is 805. The highest BCUT2D eigenvalue weighted by molar-refractivity contribution is 5.76. The minimum absolute atomic E-state index is 0.00654. The Balaban J connectivity index is 1.69. The Morgan fingerprint density at radius 3 is 2.68 bits per heavy atom. The third-order valence-corrected chi connectivity index (χ3v) is 4.00. The lowest BCUT2D eigenvalue weighted by atomic mass is 10.2. The number of nitrogens with zero attached hydrogens (tertiary/aromatic N) is 5. The fourth-order valence-electron chi connectivity index (χ4n) is 2.92. The lowest BCUT2D eigenvalue weighted by Crippen LogP contribution is -2.48. The lowest BCUT2D eigenvalue weighted by molar-refractivity contribution is -0.143. The van der Waals surface area contributed by atoms with Crippen molar-refractivity contribution in [3.63, 3.8) is 0 Å². The maximum absolute atomic E-state index is 12.5. The predicted molar refractivity (Wildman–Crippen MR) is 87.7 cm³/mol. The zero-order valence-corrected chi connectivity index (χ0v) is 14.5. The number of rotatable bonds is 4. The van der Waals surface area contributed by atoms with Crippen LogP contribution in [-0.4, -0.2) is 55.8 Å². The molecule has 1 saturated heterocycles. The van der Waals surface area contributed by atoms with Crippen molar-refractivity contribution in [3.8, 4) is 11.5 Å². The van der Waals surface area contributed by atoms with Crippen LogP contribution >= 0.6 is 0 Å². The maximum atomic E-state index is 12.5. The van der Waals surface area contributed by atoms with Gasteiger partial charge in [0.2, 0.25) is 5.91 Å². The Morgan fingerprint density at radius 2 is 2.04 bits per heavy atom. The summed E-state index contributed by atoms with van der Waals surface area (Å²) in [5, 5.41) is 3.68. The third kappa shape index (κ3) is 3.93. The van der Waals surface area contributed by atoms with Gasteiger partial charge in [0.05, 0.1) is 18.5 Å². The highest BCUT2D eigenvalue weighted by Gasteiger charge is 2.25. The van der Waals surface area contributed by atoms with Crippen LogP contribution in [0.25, 0.3) is 11.5 Å². The molecule has 25 heavy (non-hydrogen) atoms. The molecule has 2 atom stereocenters. The molecule has 1 aliphatic heterocycles. The van der Waals surface area contributed by atoms with E-state index in [1.165, 1.54) is 17.1 Å². The third-order valence-electron chi connectivity index (χ3n) is 4.00. The second kappa shape index (κ2) is 7.14. The van der Waals surface area contributed by atoms with Crippen molar-refractivity contribution in [1.82, 2.24) is 24.6 Å². The summed E-state index contributed by atoms with van der Waals surface area (Å²) < 4.78 is 12.0. The molecule has 0 aliphatic carbocycles. The Hall–Kier alpha value is -2.55. The van der Waals surface area contributed by atoms with E-state index in [4.69, 9.17) is 9.26 Å². The van der Waals surface area contributed by atoms with Gasteiger partial charge in [-0.15, -0.1) is 0 Å². The molecule has 0 saturated carbocycles. The Labute approximate surface area is 144 Å². The van der Waals surface area contributed by atoms with E-state index in [-0.39, 0.29) is 48.1 Å². The van der Waals surface area contributed by atoms with Crippen molar-refractivity contribution in [2.75, 3.05) is 13.1 Å². The Kier molecular flexibility index (Phi) is 4.93. The quantitative estimate of drug-likeness (QED) is 0.799. The van der Waals surface area contributed by atoms with Gasteiger partial charge < -0.3 is 14.2 Å². The maximum Gasteiger partial charge on any atom is 0.266 e. The molecule has 134 valence electrons.